The lowest BCUT2D eigenvalue weighted by molar-refractivity contribution is -0.116. The van der Waals surface area contributed by atoms with Crippen molar-refractivity contribution in [3.8, 4) is 11.8 Å². The molecule has 3 rings (SSSR count). The van der Waals surface area contributed by atoms with Crippen LogP contribution in [0.3, 0.4) is 0 Å². The second-order valence-electron chi connectivity index (χ2n) is 5.06. The fourth-order valence-corrected chi connectivity index (χ4v) is 2.37. The maximum Gasteiger partial charge on any atom is 0.225 e. The molecule has 0 aliphatic carbocycles. The number of fused-ring (bicyclic) bond motifs is 1. The average Bonchev–Trinajstić information content (AvgIpc) is 2.54. The van der Waals surface area contributed by atoms with Gasteiger partial charge in [-0.1, -0.05) is 30.0 Å². The van der Waals surface area contributed by atoms with Crippen LogP contribution in [0, 0.1) is 11.8 Å². The Morgan fingerprint density at radius 3 is 2.64 bits per heavy atom. The number of anilines is 1. The van der Waals surface area contributed by atoms with Gasteiger partial charge in [0, 0.05) is 37.2 Å². The van der Waals surface area contributed by atoms with E-state index in [0.717, 1.165) is 5.56 Å². The number of nitrogens with zero attached hydrogens (tertiary/aromatic N) is 2. The molecule has 1 aromatic carbocycles. The van der Waals surface area contributed by atoms with E-state index in [4.69, 9.17) is 0 Å². The molecule has 2 heterocycles. The Hall–Kier alpha value is -2.93. The van der Waals surface area contributed by atoms with E-state index in [1.807, 2.05) is 30.3 Å². The quantitative estimate of drug-likeness (QED) is 0.700. The molecule has 1 aromatic heterocycles. The molecule has 0 saturated heterocycles. The van der Waals surface area contributed by atoms with E-state index in [-0.39, 0.29) is 11.7 Å². The molecule has 22 heavy (non-hydrogen) atoms. The van der Waals surface area contributed by atoms with Crippen molar-refractivity contribution in [2.45, 2.75) is 13.3 Å². The van der Waals surface area contributed by atoms with Crippen LogP contribution in [0.1, 0.15) is 34.8 Å². The third kappa shape index (κ3) is 2.75. The van der Waals surface area contributed by atoms with Crippen LogP contribution in [0.25, 0.3) is 0 Å². The number of hydrogen-bond acceptors (Lipinski definition) is 3. The van der Waals surface area contributed by atoms with Crippen LogP contribution in [0.15, 0.2) is 42.6 Å². The Balaban J connectivity index is 1.97. The second kappa shape index (κ2) is 5.82. The van der Waals surface area contributed by atoms with Gasteiger partial charge in [-0.3, -0.25) is 14.5 Å². The molecule has 0 bridgehead atoms. The highest BCUT2D eigenvalue weighted by molar-refractivity contribution is 6.07. The number of aromatic nitrogens is 1. The third-order valence-electron chi connectivity index (χ3n) is 3.49. The van der Waals surface area contributed by atoms with E-state index in [1.54, 1.807) is 12.3 Å². The van der Waals surface area contributed by atoms with Crippen molar-refractivity contribution in [2.75, 3.05) is 11.4 Å². The molecular formula is C18H14N2O2. The van der Waals surface area contributed by atoms with Crippen LogP contribution < -0.4 is 4.90 Å². The standard InChI is InChI=1S/C18H14N2O2/c1-13(21)20-10-9-17(22)16-11-15(12-19-18(16)20)8-7-14-5-3-2-4-6-14/h2-6,11-12H,9-10H2,1H3. The summed E-state index contributed by atoms with van der Waals surface area (Å²) in [6.45, 7) is 1.87. The van der Waals surface area contributed by atoms with Crippen molar-refractivity contribution >= 4 is 17.5 Å². The molecule has 1 amide bonds. The van der Waals surface area contributed by atoms with Gasteiger partial charge < -0.3 is 0 Å². The summed E-state index contributed by atoms with van der Waals surface area (Å²) in [6, 6.07) is 11.3. The van der Waals surface area contributed by atoms with Gasteiger partial charge in [-0.05, 0) is 18.2 Å². The van der Waals surface area contributed by atoms with E-state index in [9.17, 15) is 9.59 Å². The predicted octanol–water partition coefficient (Wildman–Crippen LogP) is 2.42. The molecule has 0 fully saturated rings. The fourth-order valence-electron chi connectivity index (χ4n) is 2.37. The lowest BCUT2D eigenvalue weighted by Crippen LogP contribution is -2.36. The Bertz CT molecular complexity index is 801. The molecule has 2 aromatic rings. The highest BCUT2D eigenvalue weighted by Crippen LogP contribution is 2.25. The monoisotopic (exact) mass is 290 g/mol. The molecule has 1 aliphatic rings. The summed E-state index contributed by atoms with van der Waals surface area (Å²) >= 11 is 0. The molecule has 0 radical (unpaired) electrons. The average molecular weight is 290 g/mol. The van der Waals surface area contributed by atoms with E-state index < -0.39 is 0 Å². The lowest BCUT2D eigenvalue weighted by atomic mass is 10.0. The highest BCUT2D eigenvalue weighted by atomic mass is 16.2. The van der Waals surface area contributed by atoms with Gasteiger partial charge in [0.2, 0.25) is 5.91 Å². The molecule has 0 spiro atoms. The third-order valence-corrected chi connectivity index (χ3v) is 3.49. The van der Waals surface area contributed by atoms with Crippen LogP contribution in [-0.2, 0) is 4.79 Å². The number of ketones is 1. The van der Waals surface area contributed by atoms with E-state index in [1.165, 1.54) is 11.8 Å². The zero-order chi connectivity index (χ0) is 15.5. The molecule has 0 N–H and O–H groups in total. The highest BCUT2D eigenvalue weighted by Gasteiger charge is 2.26. The number of hydrogen-bond donors (Lipinski definition) is 0. The largest absolute Gasteiger partial charge is 0.296 e. The van der Waals surface area contributed by atoms with Crippen LogP contribution in [0.4, 0.5) is 5.82 Å². The van der Waals surface area contributed by atoms with Gasteiger partial charge >= 0.3 is 0 Å². The Morgan fingerprint density at radius 1 is 1.18 bits per heavy atom. The molecule has 0 saturated carbocycles. The fraction of sp³-hybridized carbons (Fsp3) is 0.167. The second-order valence-corrected chi connectivity index (χ2v) is 5.06. The molecule has 4 heteroatoms. The van der Waals surface area contributed by atoms with E-state index in [2.05, 4.69) is 16.8 Å². The first kappa shape index (κ1) is 14.0. The minimum atomic E-state index is -0.107. The van der Waals surface area contributed by atoms with Gasteiger partial charge in [-0.25, -0.2) is 4.98 Å². The van der Waals surface area contributed by atoms with Gasteiger partial charge in [0.15, 0.2) is 5.78 Å². The van der Waals surface area contributed by atoms with Crippen LogP contribution in [0.5, 0.6) is 0 Å². The first-order valence-corrected chi connectivity index (χ1v) is 7.03. The summed E-state index contributed by atoms with van der Waals surface area (Å²) < 4.78 is 0. The van der Waals surface area contributed by atoms with E-state index >= 15 is 0 Å². The van der Waals surface area contributed by atoms with Gasteiger partial charge in [0.25, 0.3) is 0 Å². The summed E-state index contributed by atoms with van der Waals surface area (Å²) in [5, 5.41) is 0. The van der Waals surface area contributed by atoms with Crippen LogP contribution >= 0.6 is 0 Å². The zero-order valence-electron chi connectivity index (χ0n) is 12.2. The van der Waals surface area contributed by atoms with Crippen molar-refractivity contribution < 1.29 is 9.59 Å². The van der Waals surface area contributed by atoms with Crippen LogP contribution in [0.2, 0.25) is 0 Å². The number of Topliss-reactive ketones (excluding diaryl/α,β-unsaturated/α-hetero) is 1. The molecule has 108 valence electrons. The Labute approximate surface area is 128 Å². The normalized spacial score (nSPS) is 13.1. The van der Waals surface area contributed by atoms with E-state index in [0.29, 0.717) is 29.9 Å². The van der Waals surface area contributed by atoms with Gasteiger partial charge in [-0.15, -0.1) is 0 Å². The van der Waals surface area contributed by atoms with Crippen molar-refractivity contribution in [2.24, 2.45) is 0 Å². The number of benzene rings is 1. The summed E-state index contributed by atoms with van der Waals surface area (Å²) in [5.74, 6) is 6.38. The summed E-state index contributed by atoms with van der Waals surface area (Å²) in [5.41, 5.74) is 2.04. The SMILES string of the molecule is CC(=O)N1CCC(=O)c2cc(C#Cc3ccccc3)cnc21. The molecule has 4 nitrogen and oxygen atoms in total. The van der Waals surface area contributed by atoms with Crippen molar-refractivity contribution in [1.29, 1.82) is 0 Å². The first-order valence-electron chi connectivity index (χ1n) is 7.03. The maximum absolute atomic E-state index is 12.1. The van der Waals surface area contributed by atoms with Crippen molar-refractivity contribution in [3.05, 3.63) is 59.3 Å². The zero-order valence-corrected chi connectivity index (χ0v) is 12.2. The van der Waals surface area contributed by atoms with Gasteiger partial charge in [-0.2, -0.15) is 0 Å². The molecule has 0 unspecified atom stereocenters. The topological polar surface area (TPSA) is 50.3 Å². The number of carbonyl (C=O) groups is 2. The summed E-state index contributed by atoms with van der Waals surface area (Å²) in [4.78, 5) is 29.5. The number of pyridine rings is 1. The minimum Gasteiger partial charge on any atom is -0.296 e. The Morgan fingerprint density at radius 2 is 1.91 bits per heavy atom. The maximum atomic E-state index is 12.1. The lowest BCUT2D eigenvalue weighted by Gasteiger charge is -2.26. The van der Waals surface area contributed by atoms with Crippen molar-refractivity contribution in [3.63, 3.8) is 0 Å². The summed E-state index contributed by atoms with van der Waals surface area (Å²) in [7, 11) is 0. The number of amides is 1. The molecule has 1 aliphatic heterocycles. The molecular weight excluding hydrogens is 276 g/mol. The van der Waals surface area contributed by atoms with Gasteiger partial charge in [0.05, 0.1) is 5.56 Å². The van der Waals surface area contributed by atoms with Gasteiger partial charge in [0.1, 0.15) is 5.82 Å². The minimum absolute atomic E-state index is 0.00311. The first-order chi connectivity index (χ1) is 10.6. The Kier molecular flexibility index (Phi) is 3.71. The van der Waals surface area contributed by atoms with Crippen LogP contribution in [-0.4, -0.2) is 23.2 Å². The smallest absolute Gasteiger partial charge is 0.225 e. The summed E-state index contributed by atoms with van der Waals surface area (Å²) in [6.07, 6.45) is 1.92. The number of carbonyl (C=O) groups excluding carboxylic acids is 2. The molecule has 0 atom stereocenters. The predicted molar refractivity (Wildman–Crippen MR) is 83.6 cm³/mol. The van der Waals surface area contributed by atoms with Crippen molar-refractivity contribution in [1.82, 2.24) is 4.98 Å². The number of rotatable bonds is 0.